The van der Waals surface area contributed by atoms with Crippen molar-refractivity contribution in [3.05, 3.63) is 76.1 Å². The summed E-state index contributed by atoms with van der Waals surface area (Å²) in [4.78, 5) is 32.9. The number of carbonyl (C=O) groups excluding carboxylic acids is 1. The molecule has 0 aliphatic carbocycles. The van der Waals surface area contributed by atoms with Crippen molar-refractivity contribution in [3.8, 4) is 0 Å². The van der Waals surface area contributed by atoms with Crippen LogP contribution in [0.2, 0.25) is 0 Å². The molecule has 4 rings (SSSR count). The molecule has 1 aromatic heterocycles. The predicted octanol–water partition coefficient (Wildman–Crippen LogP) is 3.85. The summed E-state index contributed by atoms with van der Waals surface area (Å²) in [7, 11) is 0. The lowest BCUT2D eigenvalue weighted by Crippen LogP contribution is -2.29. The van der Waals surface area contributed by atoms with E-state index in [-0.39, 0.29) is 17.6 Å². The lowest BCUT2D eigenvalue weighted by atomic mass is 10.2. The van der Waals surface area contributed by atoms with E-state index in [1.54, 1.807) is 23.1 Å². The summed E-state index contributed by atoms with van der Waals surface area (Å²) in [5.41, 5.74) is 2.47. The molecule has 3 aromatic rings. The Labute approximate surface area is 155 Å². The zero-order valence-electron chi connectivity index (χ0n) is 14.5. The Hall–Kier alpha value is -3.48. The number of nitro benzene ring substituents is 1. The van der Waals surface area contributed by atoms with Gasteiger partial charge in [-0.1, -0.05) is 24.3 Å². The third kappa shape index (κ3) is 3.44. The number of imidazole rings is 1. The second-order valence-corrected chi connectivity index (χ2v) is 6.51. The first kappa shape index (κ1) is 17.0. The number of non-ortho nitro benzene ring substituents is 1. The highest BCUT2D eigenvalue weighted by Crippen LogP contribution is 2.31. The average Bonchev–Trinajstić information content (AvgIpc) is 3.32. The quantitative estimate of drug-likeness (QED) is 0.433. The number of benzene rings is 2. The minimum Gasteiger partial charge on any atom is -0.340 e. The second kappa shape index (κ2) is 7.03. The van der Waals surface area contributed by atoms with E-state index >= 15 is 0 Å². The lowest BCUT2D eigenvalue weighted by Gasteiger charge is -2.21. The number of rotatable bonds is 4. The summed E-state index contributed by atoms with van der Waals surface area (Å²) >= 11 is 0. The first-order valence-corrected chi connectivity index (χ1v) is 8.79. The number of H-pyrrole nitrogens is 1. The van der Waals surface area contributed by atoms with Crippen molar-refractivity contribution in [1.82, 2.24) is 14.9 Å². The van der Waals surface area contributed by atoms with Gasteiger partial charge in [-0.3, -0.25) is 14.9 Å². The molecule has 1 saturated heterocycles. The number of amides is 1. The molecule has 1 aliphatic heterocycles. The summed E-state index contributed by atoms with van der Waals surface area (Å²) in [6.45, 7) is 0.666. The van der Waals surface area contributed by atoms with Gasteiger partial charge in [-0.2, -0.15) is 0 Å². The summed E-state index contributed by atoms with van der Waals surface area (Å²) in [5, 5.41) is 10.9. The van der Waals surface area contributed by atoms with Gasteiger partial charge in [0.2, 0.25) is 5.91 Å². The Morgan fingerprint density at radius 2 is 2.11 bits per heavy atom. The van der Waals surface area contributed by atoms with Gasteiger partial charge in [-0.15, -0.1) is 0 Å². The van der Waals surface area contributed by atoms with Gasteiger partial charge < -0.3 is 9.88 Å². The number of hydrogen-bond acceptors (Lipinski definition) is 4. The van der Waals surface area contributed by atoms with Crippen LogP contribution in [0.1, 0.15) is 30.3 Å². The Morgan fingerprint density at radius 1 is 1.26 bits per heavy atom. The molecule has 136 valence electrons. The molecule has 0 radical (unpaired) electrons. The Kier molecular flexibility index (Phi) is 4.42. The first-order chi connectivity index (χ1) is 13.1. The van der Waals surface area contributed by atoms with Crippen LogP contribution in [0.15, 0.2) is 54.6 Å². The van der Waals surface area contributed by atoms with Crippen LogP contribution in [0.5, 0.6) is 0 Å². The Bertz CT molecular complexity index is 1010. The van der Waals surface area contributed by atoms with Crippen molar-refractivity contribution >= 4 is 28.7 Å². The molecule has 0 spiro atoms. The summed E-state index contributed by atoms with van der Waals surface area (Å²) in [6.07, 6.45) is 4.86. The monoisotopic (exact) mass is 362 g/mol. The van der Waals surface area contributed by atoms with E-state index in [2.05, 4.69) is 9.97 Å². The number of para-hydroxylation sites is 2. The topological polar surface area (TPSA) is 92.1 Å². The van der Waals surface area contributed by atoms with Gasteiger partial charge in [-0.05, 0) is 36.6 Å². The molecule has 0 saturated carbocycles. The van der Waals surface area contributed by atoms with Crippen LogP contribution in [-0.2, 0) is 4.79 Å². The minimum atomic E-state index is -0.447. The maximum absolute atomic E-state index is 12.7. The SMILES string of the molecule is O=C(/C=C/c1cccc([N+](=O)[O-])c1)N1CCC[C@H]1c1nc2ccccc2[nH]1. The Morgan fingerprint density at radius 3 is 2.93 bits per heavy atom. The van der Waals surface area contributed by atoms with E-state index in [0.717, 1.165) is 29.7 Å². The van der Waals surface area contributed by atoms with Crippen molar-refractivity contribution in [2.45, 2.75) is 18.9 Å². The van der Waals surface area contributed by atoms with Crippen LogP contribution in [0.3, 0.4) is 0 Å². The lowest BCUT2D eigenvalue weighted by molar-refractivity contribution is -0.384. The highest BCUT2D eigenvalue weighted by molar-refractivity contribution is 5.92. The molecular formula is C20H18N4O3. The van der Waals surface area contributed by atoms with Crippen molar-refractivity contribution in [2.24, 2.45) is 0 Å². The van der Waals surface area contributed by atoms with Gasteiger partial charge in [0.15, 0.2) is 0 Å². The molecule has 1 N–H and O–H groups in total. The number of fused-ring (bicyclic) bond motifs is 1. The van der Waals surface area contributed by atoms with E-state index in [0.29, 0.717) is 12.1 Å². The number of aromatic nitrogens is 2. The largest absolute Gasteiger partial charge is 0.340 e. The molecule has 2 heterocycles. The third-order valence-corrected chi connectivity index (χ3v) is 4.76. The van der Waals surface area contributed by atoms with Crippen LogP contribution in [0.25, 0.3) is 17.1 Å². The zero-order chi connectivity index (χ0) is 18.8. The molecule has 7 heteroatoms. The van der Waals surface area contributed by atoms with Gasteiger partial charge in [0.25, 0.3) is 5.69 Å². The van der Waals surface area contributed by atoms with Crippen molar-refractivity contribution < 1.29 is 9.72 Å². The summed E-state index contributed by atoms with van der Waals surface area (Å²) < 4.78 is 0. The van der Waals surface area contributed by atoms with Crippen LogP contribution in [0.4, 0.5) is 5.69 Å². The van der Waals surface area contributed by atoms with E-state index in [4.69, 9.17) is 0 Å². The molecule has 1 atom stereocenters. The fraction of sp³-hybridized carbons (Fsp3) is 0.200. The second-order valence-electron chi connectivity index (χ2n) is 6.51. The molecule has 1 amide bonds. The van der Waals surface area contributed by atoms with Gasteiger partial charge in [0.1, 0.15) is 5.82 Å². The number of hydrogen-bond donors (Lipinski definition) is 1. The number of nitrogens with one attached hydrogen (secondary N) is 1. The molecule has 7 nitrogen and oxygen atoms in total. The summed E-state index contributed by atoms with van der Waals surface area (Å²) in [6, 6.07) is 13.9. The fourth-order valence-electron chi connectivity index (χ4n) is 3.45. The standard InChI is InChI=1S/C20H18N4O3/c25-19(11-10-14-5-3-6-15(13-14)24(26)27)23-12-4-9-18(23)20-21-16-7-1-2-8-17(16)22-20/h1-3,5-8,10-11,13,18H,4,9,12H2,(H,21,22)/b11-10+/t18-/m0/s1. The first-order valence-electron chi connectivity index (χ1n) is 8.79. The van der Waals surface area contributed by atoms with Gasteiger partial charge in [-0.25, -0.2) is 4.98 Å². The average molecular weight is 362 g/mol. The van der Waals surface area contributed by atoms with E-state index in [1.807, 2.05) is 24.3 Å². The van der Waals surface area contributed by atoms with E-state index in [9.17, 15) is 14.9 Å². The third-order valence-electron chi connectivity index (χ3n) is 4.76. The number of nitro groups is 1. The van der Waals surface area contributed by atoms with Crippen molar-refractivity contribution in [1.29, 1.82) is 0 Å². The molecule has 27 heavy (non-hydrogen) atoms. The maximum Gasteiger partial charge on any atom is 0.270 e. The number of nitrogens with zero attached hydrogens (tertiary/aromatic N) is 3. The van der Waals surface area contributed by atoms with Crippen LogP contribution >= 0.6 is 0 Å². The highest BCUT2D eigenvalue weighted by Gasteiger charge is 2.31. The minimum absolute atomic E-state index is 0.00548. The van der Waals surface area contributed by atoms with Crippen LogP contribution in [-0.4, -0.2) is 32.2 Å². The Balaban J connectivity index is 1.54. The molecule has 0 unspecified atom stereocenters. The predicted molar refractivity (Wildman–Crippen MR) is 102 cm³/mol. The number of aromatic amines is 1. The van der Waals surface area contributed by atoms with E-state index in [1.165, 1.54) is 18.2 Å². The number of likely N-dealkylation sites (tertiary alicyclic amines) is 1. The molecular weight excluding hydrogens is 344 g/mol. The zero-order valence-corrected chi connectivity index (χ0v) is 14.5. The fourth-order valence-corrected chi connectivity index (χ4v) is 3.45. The van der Waals surface area contributed by atoms with Gasteiger partial charge in [0, 0.05) is 24.8 Å². The maximum atomic E-state index is 12.7. The number of carbonyl (C=O) groups is 1. The normalized spacial score (nSPS) is 17.0. The molecule has 2 aromatic carbocycles. The van der Waals surface area contributed by atoms with Crippen LogP contribution in [0, 0.1) is 10.1 Å². The highest BCUT2D eigenvalue weighted by atomic mass is 16.6. The van der Waals surface area contributed by atoms with Crippen LogP contribution < -0.4 is 0 Å². The van der Waals surface area contributed by atoms with Crippen molar-refractivity contribution in [3.63, 3.8) is 0 Å². The summed E-state index contributed by atoms with van der Waals surface area (Å²) in [5.74, 6) is 0.676. The van der Waals surface area contributed by atoms with Crippen molar-refractivity contribution in [2.75, 3.05) is 6.54 Å². The van der Waals surface area contributed by atoms with Gasteiger partial charge in [0.05, 0.1) is 22.0 Å². The molecule has 1 fully saturated rings. The van der Waals surface area contributed by atoms with Gasteiger partial charge >= 0.3 is 0 Å². The van der Waals surface area contributed by atoms with E-state index < -0.39 is 4.92 Å². The molecule has 1 aliphatic rings. The molecule has 0 bridgehead atoms. The smallest absolute Gasteiger partial charge is 0.270 e.